The summed E-state index contributed by atoms with van der Waals surface area (Å²) in [5.41, 5.74) is -0.171. The summed E-state index contributed by atoms with van der Waals surface area (Å²) < 4.78 is 22.8. The van der Waals surface area contributed by atoms with Gasteiger partial charge in [-0.1, -0.05) is 16.2 Å². The number of hydrogen-bond acceptors (Lipinski definition) is 8. The summed E-state index contributed by atoms with van der Waals surface area (Å²) in [6.07, 6.45) is 0. The third-order valence-electron chi connectivity index (χ3n) is 3.63. The topological polar surface area (TPSA) is 117 Å². The van der Waals surface area contributed by atoms with Crippen LogP contribution < -0.4 is 9.74 Å². The van der Waals surface area contributed by atoms with Crippen molar-refractivity contribution >= 4 is 33.9 Å². The first-order valence-corrected chi connectivity index (χ1v) is 8.64. The molecule has 0 aliphatic carbocycles. The highest BCUT2D eigenvalue weighted by Crippen LogP contribution is 2.19. The van der Waals surface area contributed by atoms with E-state index >= 15 is 0 Å². The first-order valence-electron chi connectivity index (χ1n) is 7.61. The zero-order valence-corrected chi connectivity index (χ0v) is 15.1. The van der Waals surface area contributed by atoms with Crippen molar-refractivity contribution in [2.24, 2.45) is 0 Å². The molecule has 1 heterocycles. The second-order valence-corrected chi connectivity index (χ2v) is 6.29. The number of hydrogen-bond donors (Lipinski definition) is 0. The fourth-order valence-electron chi connectivity index (χ4n) is 2.31. The van der Waals surface area contributed by atoms with E-state index in [1.165, 1.54) is 44.4 Å². The second kappa shape index (κ2) is 7.46. The molecule has 10 heteroatoms. The van der Waals surface area contributed by atoms with Gasteiger partial charge in [0.1, 0.15) is 5.52 Å². The van der Waals surface area contributed by atoms with Gasteiger partial charge in [0.05, 0.1) is 23.6 Å². The molecule has 3 aromatic rings. The number of fused-ring (bicyclic) bond motifs is 1. The number of carbonyl (C=O) groups excluding carboxylic acids is 2. The van der Waals surface area contributed by atoms with Crippen LogP contribution in [-0.2, 0) is 16.0 Å². The van der Waals surface area contributed by atoms with Crippen molar-refractivity contribution in [2.45, 2.75) is 6.92 Å². The first kappa shape index (κ1) is 18.4. The van der Waals surface area contributed by atoms with Crippen LogP contribution in [0.5, 0.6) is 5.75 Å². The molecular weight excluding hydrogens is 374 g/mol. The quantitative estimate of drug-likeness (QED) is 0.475. The minimum Gasteiger partial charge on any atom is -0.465 e. The van der Waals surface area contributed by atoms with E-state index in [4.69, 9.17) is 4.18 Å². The fourth-order valence-corrected chi connectivity index (χ4v) is 3.01. The van der Waals surface area contributed by atoms with Gasteiger partial charge in [-0.25, -0.2) is 4.79 Å². The van der Waals surface area contributed by atoms with Gasteiger partial charge in [-0.2, -0.15) is 4.21 Å². The predicted molar refractivity (Wildman–Crippen MR) is 95.8 cm³/mol. The number of methoxy groups -OCH3 is 1. The number of esters is 1. The lowest BCUT2D eigenvalue weighted by molar-refractivity contribution is 0.0600. The Morgan fingerprint density at radius 1 is 1.15 bits per heavy atom. The maximum atomic E-state index is 12.5. The maximum Gasteiger partial charge on any atom is 0.344 e. The molecule has 0 aliphatic heterocycles. The van der Waals surface area contributed by atoms with Crippen molar-refractivity contribution in [2.75, 3.05) is 7.11 Å². The van der Waals surface area contributed by atoms with Crippen molar-refractivity contribution in [3.63, 3.8) is 0 Å². The van der Waals surface area contributed by atoms with Gasteiger partial charge in [0, 0.05) is 0 Å². The van der Waals surface area contributed by atoms with Crippen LogP contribution in [0.2, 0.25) is 0 Å². The van der Waals surface area contributed by atoms with Crippen LogP contribution in [0, 0.1) is 0 Å². The van der Waals surface area contributed by atoms with Crippen molar-refractivity contribution in [3.8, 4) is 5.75 Å². The van der Waals surface area contributed by atoms with E-state index in [1.807, 2.05) is 0 Å². The number of Topliss-reactive ketones (excluding diaryl/α,β-unsaturated/α-hetero) is 1. The van der Waals surface area contributed by atoms with E-state index in [-0.39, 0.29) is 33.6 Å². The fraction of sp³-hybridized carbons (Fsp3) is 0.118. The number of benzene rings is 2. The molecule has 0 saturated carbocycles. The van der Waals surface area contributed by atoms with Crippen LogP contribution in [0.15, 0.2) is 47.3 Å². The average molecular weight is 387 g/mol. The summed E-state index contributed by atoms with van der Waals surface area (Å²) >= 11 is -2.36. The van der Waals surface area contributed by atoms with Crippen LogP contribution in [0.4, 0.5) is 0 Å². The molecule has 0 fully saturated rings. The minimum atomic E-state index is -2.36. The van der Waals surface area contributed by atoms with Crippen LogP contribution in [0.25, 0.3) is 10.9 Å². The monoisotopic (exact) mass is 387 g/mol. The molecule has 0 saturated heterocycles. The molecule has 0 radical (unpaired) electrons. The number of aromatic nitrogens is 3. The van der Waals surface area contributed by atoms with Gasteiger partial charge in [-0.05, 0) is 42.5 Å². The van der Waals surface area contributed by atoms with Gasteiger partial charge in [0.2, 0.25) is 0 Å². The lowest BCUT2D eigenvalue weighted by Crippen LogP contribution is -2.29. The molecular formula is C17H13N3O6S. The van der Waals surface area contributed by atoms with Crippen molar-refractivity contribution in [1.82, 2.24) is 14.4 Å². The number of carbonyl (C=O) groups is 2. The third-order valence-corrected chi connectivity index (χ3v) is 4.47. The second-order valence-electron chi connectivity index (χ2n) is 5.34. The molecule has 0 aliphatic rings. The Balaban J connectivity index is 1.99. The van der Waals surface area contributed by atoms with Gasteiger partial charge in [-0.15, -0.1) is 5.10 Å². The molecule has 2 aromatic carbocycles. The summed E-state index contributed by atoms with van der Waals surface area (Å²) in [5.74, 6) is -0.816. The molecule has 1 unspecified atom stereocenters. The maximum absolute atomic E-state index is 12.5. The first-order chi connectivity index (χ1) is 12.9. The van der Waals surface area contributed by atoms with Crippen LogP contribution >= 0.6 is 0 Å². The SMILES string of the molecule is COC(=O)c1ccc2c(=O)n(S(=O)Oc3ccccc3C(C)=O)nnc2c1. The van der Waals surface area contributed by atoms with E-state index < -0.39 is 22.8 Å². The predicted octanol–water partition coefficient (Wildman–Crippen LogP) is 1.29. The van der Waals surface area contributed by atoms with Gasteiger partial charge in [0.25, 0.3) is 5.56 Å². The highest BCUT2D eigenvalue weighted by atomic mass is 32.2. The largest absolute Gasteiger partial charge is 0.465 e. The number of ketones is 1. The van der Waals surface area contributed by atoms with Gasteiger partial charge >= 0.3 is 17.2 Å². The van der Waals surface area contributed by atoms with E-state index in [0.29, 0.717) is 4.09 Å². The summed E-state index contributed by atoms with van der Waals surface area (Å²) in [4.78, 5) is 35.7. The highest BCUT2D eigenvalue weighted by Gasteiger charge is 2.17. The molecule has 138 valence electrons. The minimum absolute atomic E-state index is 0.0539. The standard InChI is InChI=1S/C17H13N3O6S/c1-10(21)12-5-3-4-6-15(12)26-27(24)20-16(22)13-8-7-11(17(23)25-2)9-14(13)18-19-20/h3-9H,1-2H3. The van der Waals surface area contributed by atoms with E-state index in [0.717, 1.165) is 0 Å². The van der Waals surface area contributed by atoms with Gasteiger partial charge in [0.15, 0.2) is 11.5 Å². The van der Waals surface area contributed by atoms with Crippen molar-refractivity contribution in [3.05, 3.63) is 63.9 Å². The lowest BCUT2D eigenvalue weighted by atomic mass is 10.1. The Kier molecular flexibility index (Phi) is 5.08. The van der Waals surface area contributed by atoms with E-state index in [2.05, 4.69) is 15.0 Å². The van der Waals surface area contributed by atoms with Gasteiger partial charge in [-0.3, -0.25) is 9.59 Å². The summed E-state index contributed by atoms with van der Waals surface area (Å²) in [6, 6.07) is 10.3. The molecule has 1 aromatic heterocycles. The van der Waals surface area contributed by atoms with E-state index in [1.54, 1.807) is 12.1 Å². The molecule has 0 N–H and O–H groups in total. The number of ether oxygens (including phenoxy) is 1. The van der Waals surface area contributed by atoms with Crippen molar-refractivity contribution < 1.29 is 22.7 Å². The molecule has 0 spiro atoms. The molecule has 3 rings (SSSR count). The average Bonchev–Trinajstić information content (AvgIpc) is 2.67. The molecule has 1 atom stereocenters. The van der Waals surface area contributed by atoms with Crippen LogP contribution in [0.1, 0.15) is 27.6 Å². The molecule has 0 bridgehead atoms. The molecule has 0 amide bonds. The molecule has 27 heavy (non-hydrogen) atoms. The normalized spacial score (nSPS) is 11.8. The smallest absolute Gasteiger partial charge is 0.344 e. The van der Waals surface area contributed by atoms with E-state index in [9.17, 15) is 18.6 Å². The summed E-state index contributed by atoms with van der Waals surface area (Å²) in [6.45, 7) is 1.34. The van der Waals surface area contributed by atoms with Gasteiger partial charge < -0.3 is 8.92 Å². The Bertz CT molecular complexity index is 1140. The Labute approximate surface area is 155 Å². The van der Waals surface area contributed by atoms with Crippen LogP contribution in [-0.4, -0.2) is 37.5 Å². The number of rotatable bonds is 5. The third kappa shape index (κ3) is 3.60. The highest BCUT2D eigenvalue weighted by molar-refractivity contribution is 7.78. The summed E-state index contributed by atoms with van der Waals surface area (Å²) in [7, 11) is 1.23. The lowest BCUT2D eigenvalue weighted by Gasteiger charge is -2.08. The molecule has 9 nitrogen and oxygen atoms in total. The van der Waals surface area contributed by atoms with Crippen molar-refractivity contribution in [1.29, 1.82) is 0 Å². The zero-order valence-electron chi connectivity index (χ0n) is 14.2. The van der Waals surface area contributed by atoms with Crippen LogP contribution in [0.3, 0.4) is 0 Å². The summed E-state index contributed by atoms with van der Waals surface area (Å²) in [5, 5.41) is 7.49. The Hall–Kier alpha value is -3.40. The number of para-hydroxylation sites is 1. The number of nitrogens with zero attached hydrogens (tertiary/aromatic N) is 3. The zero-order chi connectivity index (χ0) is 19.6. The Morgan fingerprint density at radius 3 is 2.59 bits per heavy atom. The Morgan fingerprint density at radius 2 is 1.89 bits per heavy atom.